The van der Waals surface area contributed by atoms with E-state index in [0.29, 0.717) is 37.0 Å². The molecule has 2 heterocycles. The molecule has 0 radical (unpaired) electrons. The Labute approximate surface area is 150 Å². The van der Waals surface area contributed by atoms with Crippen LogP contribution in [0.4, 0.5) is 5.69 Å². The van der Waals surface area contributed by atoms with Crippen molar-refractivity contribution in [2.45, 2.75) is 39.0 Å². The number of rotatable bonds is 3. The number of hydrogen-bond acceptors (Lipinski definition) is 3. The first-order valence-corrected chi connectivity index (χ1v) is 9.44. The highest BCUT2D eigenvalue weighted by Crippen LogP contribution is 2.24. The SMILES string of the molecule is CC1CCCN(C(=O)C2CCN(C(=O)Cc3ccc(N)cc3)CC2)C1. The largest absolute Gasteiger partial charge is 0.399 e. The van der Waals surface area contributed by atoms with Gasteiger partial charge in [-0.1, -0.05) is 19.1 Å². The lowest BCUT2D eigenvalue weighted by Gasteiger charge is -2.37. The van der Waals surface area contributed by atoms with Crippen molar-refractivity contribution >= 4 is 17.5 Å². The van der Waals surface area contributed by atoms with Crippen molar-refractivity contribution in [1.29, 1.82) is 0 Å². The monoisotopic (exact) mass is 343 g/mol. The Morgan fingerprint density at radius 1 is 1.04 bits per heavy atom. The summed E-state index contributed by atoms with van der Waals surface area (Å²) in [5.41, 5.74) is 7.38. The topological polar surface area (TPSA) is 66.6 Å². The number of benzene rings is 1. The zero-order valence-electron chi connectivity index (χ0n) is 15.1. The van der Waals surface area contributed by atoms with Gasteiger partial charge < -0.3 is 15.5 Å². The van der Waals surface area contributed by atoms with Crippen LogP contribution >= 0.6 is 0 Å². The van der Waals surface area contributed by atoms with Crippen molar-refractivity contribution in [1.82, 2.24) is 9.80 Å². The van der Waals surface area contributed by atoms with Crippen molar-refractivity contribution in [2.24, 2.45) is 11.8 Å². The number of nitrogens with zero attached hydrogens (tertiary/aromatic N) is 2. The van der Waals surface area contributed by atoms with E-state index in [0.717, 1.165) is 37.9 Å². The summed E-state index contributed by atoms with van der Waals surface area (Å²) in [6, 6.07) is 7.46. The zero-order chi connectivity index (χ0) is 17.8. The Morgan fingerprint density at radius 2 is 1.72 bits per heavy atom. The lowest BCUT2D eigenvalue weighted by atomic mass is 9.92. The molecular weight excluding hydrogens is 314 g/mol. The predicted octanol–water partition coefficient (Wildman–Crippen LogP) is 2.31. The van der Waals surface area contributed by atoms with Gasteiger partial charge in [0.15, 0.2) is 0 Å². The van der Waals surface area contributed by atoms with Crippen LogP contribution in [0.5, 0.6) is 0 Å². The van der Waals surface area contributed by atoms with Gasteiger partial charge in [0.05, 0.1) is 6.42 Å². The smallest absolute Gasteiger partial charge is 0.226 e. The van der Waals surface area contributed by atoms with Crippen molar-refractivity contribution < 1.29 is 9.59 Å². The van der Waals surface area contributed by atoms with Crippen LogP contribution in [0.1, 0.15) is 38.2 Å². The second kappa shape index (κ2) is 7.89. The minimum atomic E-state index is 0.0888. The highest BCUT2D eigenvalue weighted by atomic mass is 16.2. The molecule has 136 valence electrons. The summed E-state index contributed by atoms with van der Waals surface area (Å²) in [6.45, 7) is 5.40. The maximum atomic E-state index is 12.7. The summed E-state index contributed by atoms with van der Waals surface area (Å²) < 4.78 is 0. The number of nitrogen functional groups attached to an aromatic ring is 1. The molecule has 0 bridgehead atoms. The summed E-state index contributed by atoms with van der Waals surface area (Å²) in [5.74, 6) is 1.14. The number of nitrogens with two attached hydrogens (primary N) is 1. The minimum absolute atomic E-state index is 0.0888. The third-order valence-electron chi connectivity index (χ3n) is 5.50. The number of amides is 2. The van der Waals surface area contributed by atoms with E-state index in [1.807, 2.05) is 34.1 Å². The van der Waals surface area contributed by atoms with Crippen molar-refractivity contribution in [3.63, 3.8) is 0 Å². The standard InChI is InChI=1S/C20H29N3O2/c1-15-3-2-10-23(14-15)20(25)17-8-11-22(12-9-17)19(24)13-16-4-6-18(21)7-5-16/h4-7,15,17H,2-3,8-14,21H2,1H3. The van der Waals surface area contributed by atoms with Crippen LogP contribution in [0.2, 0.25) is 0 Å². The third-order valence-corrected chi connectivity index (χ3v) is 5.50. The summed E-state index contributed by atoms with van der Waals surface area (Å²) in [4.78, 5) is 29.1. The van der Waals surface area contributed by atoms with E-state index in [-0.39, 0.29) is 11.8 Å². The Bertz CT molecular complexity index is 606. The molecule has 2 N–H and O–H groups in total. The molecule has 0 aromatic heterocycles. The number of likely N-dealkylation sites (tertiary alicyclic amines) is 2. The summed E-state index contributed by atoms with van der Waals surface area (Å²) in [6.07, 6.45) is 4.32. The van der Waals surface area contributed by atoms with Crippen LogP contribution in [0.25, 0.3) is 0 Å². The van der Waals surface area contributed by atoms with Crippen LogP contribution in [0.15, 0.2) is 24.3 Å². The molecule has 2 amide bonds. The van der Waals surface area contributed by atoms with Gasteiger partial charge in [0.2, 0.25) is 11.8 Å². The lowest BCUT2D eigenvalue weighted by Crippen LogP contribution is -2.47. The number of hydrogen-bond donors (Lipinski definition) is 1. The Balaban J connectivity index is 1.48. The second-order valence-electron chi connectivity index (χ2n) is 7.61. The van der Waals surface area contributed by atoms with Crippen LogP contribution in [0, 0.1) is 11.8 Å². The fraction of sp³-hybridized carbons (Fsp3) is 0.600. The quantitative estimate of drug-likeness (QED) is 0.857. The van der Waals surface area contributed by atoms with Gasteiger partial charge in [-0.05, 0) is 49.3 Å². The molecule has 1 aromatic carbocycles. The molecule has 3 rings (SSSR count). The van der Waals surface area contributed by atoms with Crippen molar-refractivity contribution in [3.05, 3.63) is 29.8 Å². The van der Waals surface area contributed by atoms with Gasteiger partial charge in [-0.15, -0.1) is 0 Å². The average molecular weight is 343 g/mol. The molecule has 0 spiro atoms. The molecular formula is C20H29N3O2. The zero-order valence-corrected chi connectivity index (χ0v) is 15.1. The van der Waals surface area contributed by atoms with E-state index in [4.69, 9.17) is 5.73 Å². The molecule has 0 saturated carbocycles. The highest BCUT2D eigenvalue weighted by Gasteiger charge is 2.31. The fourth-order valence-corrected chi connectivity index (χ4v) is 3.95. The summed E-state index contributed by atoms with van der Waals surface area (Å²) >= 11 is 0. The first-order valence-electron chi connectivity index (χ1n) is 9.44. The Kier molecular flexibility index (Phi) is 5.61. The second-order valence-corrected chi connectivity index (χ2v) is 7.61. The fourth-order valence-electron chi connectivity index (χ4n) is 3.95. The molecule has 2 fully saturated rings. The molecule has 5 nitrogen and oxygen atoms in total. The molecule has 2 saturated heterocycles. The number of carbonyl (C=O) groups excluding carboxylic acids is 2. The van der Waals surface area contributed by atoms with E-state index in [1.165, 1.54) is 6.42 Å². The van der Waals surface area contributed by atoms with Gasteiger partial charge in [0, 0.05) is 37.8 Å². The Hall–Kier alpha value is -2.04. The highest BCUT2D eigenvalue weighted by molar-refractivity contribution is 5.81. The van der Waals surface area contributed by atoms with Crippen molar-refractivity contribution in [2.75, 3.05) is 31.9 Å². The van der Waals surface area contributed by atoms with Gasteiger partial charge in [-0.3, -0.25) is 9.59 Å². The van der Waals surface area contributed by atoms with Gasteiger partial charge in [-0.2, -0.15) is 0 Å². The molecule has 1 unspecified atom stereocenters. The predicted molar refractivity (Wildman–Crippen MR) is 98.8 cm³/mol. The van der Waals surface area contributed by atoms with Crippen molar-refractivity contribution in [3.8, 4) is 0 Å². The summed E-state index contributed by atoms with van der Waals surface area (Å²) in [5, 5.41) is 0. The molecule has 1 atom stereocenters. The first-order chi connectivity index (χ1) is 12.0. The van der Waals surface area contributed by atoms with Gasteiger partial charge in [0.1, 0.15) is 0 Å². The van der Waals surface area contributed by atoms with Crippen LogP contribution in [-0.4, -0.2) is 47.8 Å². The first kappa shape index (κ1) is 17.8. The van der Waals surface area contributed by atoms with E-state index >= 15 is 0 Å². The molecule has 1 aromatic rings. The van der Waals surface area contributed by atoms with E-state index in [1.54, 1.807) is 0 Å². The normalized spacial score (nSPS) is 22.0. The molecule has 5 heteroatoms. The maximum absolute atomic E-state index is 12.7. The molecule has 2 aliphatic rings. The van der Waals surface area contributed by atoms with E-state index in [9.17, 15) is 9.59 Å². The lowest BCUT2D eigenvalue weighted by molar-refractivity contribution is -0.141. The van der Waals surface area contributed by atoms with Gasteiger partial charge in [-0.25, -0.2) is 0 Å². The molecule has 2 aliphatic heterocycles. The average Bonchev–Trinajstić information content (AvgIpc) is 2.63. The van der Waals surface area contributed by atoms with Gasteiger partial charge in [0.25, 0.3) is 0 Å². The minimum Gasteiger partial charge on any atom is -0.399 e. The molecule has 0 aliphatic carbocycles. The van der Waals surface area contributed by atoms with Crippen LogP contribution < -0.4 is 5.73 Å². The molecule has 25 heavy (non-hydrogen) atoms. The number of carbonyl (C=O) groups is 2. The number of anilines is 1. The van der Waals surface area contributed by atoms with Crippen LogP contribution in [0.3, 0.4) is 0 Å². The maximum Gasteiger partial charge on any atom is 0.226 e. The summed E-state index contributed by atoms with van der Waals surface area (Å²) in [7, 11) is 0. The van der Waals surface area contributed by atoms with E-state index < -0.39 is 0 Å². The Morgan fingerprint density at radius 3 is 2.36 bits per heavy atom. The van der Waals surface area contributed by atoms with E-state index in [2.05, 4.69) is 6.92 Å². The third kappa shape index (κ3) is 4.53. The number of piperidine rings is 2. The van der Waals surface area contributed by atoms with Gasteiger partial charge >= 0.3 is 0 Å². The van der Waals surface area contributed by atoms with Crippen LogP contribution in [-0.2, 0) is 16.0 Å².